The van der Waals surface area contributed by atoms with E-state index >= 15 is 0 Å². The molecule has 29 heavy (non-hydrogen) atoms. The summed E-state index contributed by atoms with van der Waals surface area (Å²) >= 11 is 0. The number of nitriles is 1. The van der Waals surface area contributed by atoms with Crippen molar-refractivity contribution in [2.45, 2.75) is 6.42 Å². The number of benzene rings is 1. The molecule has 9 heteroatoms. The highest BCUT2D eigenvalue weighted by Crippen LogP contribution is 2.14. The van der Waals surface area contributed by atoms with Crippen LogP contribution in [0.4, 0.5) is 0 Å². The maximum Gasteiger partial charge on any atom is 0.251 e. The third-order valence-corrected chi connectivity index (χ3v) is 4.59. The minimum atomic E-state index is -0.346. The van der Waals surface area contributed by atoms with Crippen LogP contribution in [-0.4, -0.2) is 70.2 Å². The summed E-state index contributed by atoms with van der Waals surface area (Å²) in [5, 5.41) is 11.2. The average molecular weight is 392 g/mol. The molecular weight excluding hydrogens is 372 g/mol. The van der Waals surface area contributed by atoms with Crippen molar-refractivity contribution >= 4 is 17.7 Å². The van der Waals surface area contributed by atoms with Gasteiger partial charge in [0.25, 0.3) is 5.91 Å². The van der Waals surface area contributed by atoms with Crippen molar-refractivity contribution in [1.82, 2.24) is 25.1 Å². The first-order chi connectivity index (χ1) is 14.1. The molecule has 9 nitrogen and oxygen atoms in total. The molecule has 2 heterocycles. The fourth-order valence-electron chi connectivity index (χ4n) is 2.97. The molecule has 1 N–H and O–H groups in total. The zero-order valence-corrected chi connectivity index (χ0v) is 15.7. The van der Waals surface area contributed by atoms with E-state index < -0.39 is 0 Å². The number of amides is 3. The van der Waals surface area contributed by atoms with E-state index in [-0.39, 0.29) is 30.7 Å². The van der Waals surface area contributed by atoms with E-state index in [4.69, 9.17) is 5.26 Å². The van der Waals surface area contributed by atoms with Crippen molar-refractivity contribution in [2.24, 2.45) is 0 Å². The van der Waals surface area contributed by atoms with Crippen LogP contribution < -0.4 is 5.32 Å². The van der Waals surface area contributed by atoms with Crippen LogP contribution in [0.2, 0.25) is 0 Å². The lowest BCUT2D eigenvalue weighted by molar-refractivity contribution is -0.138. The Bertz CT molecular complexity index is 915. The van der Waals surface area contributed by atoms with Gasteiger partial charge in [0.05, 0.1) is 12.6 Å². The molecule has 1 aliphatic rings. The topological polar surface area (TPSA) is 119 Å². The fourth-order valence-corrected chi connectivity index (χ4v) is 2.97. The van der Waals surface area contributed by atoms with Crippen LogP contribution in [0.15, 0.2) is 42.7 Å². The molecule has 0 bridgehead atoms. The van der Waals surface area contributed by atoms with Gasteiger partial charge in [0, 0.05) is 49.7 Å². The number of hydrogen-bond acceptors (Lipinski definition) is 6. The van der Waals surface area contributed by atoms with Crippen LogP contribution in [0.1, 0.15) is 16.8 Å². The van der Waals surface area contributed by atoms with Gasteiger partial charge < -0.3 is 15.1 Å². The Kier molecular flexibility index (Phi) is 6.47. The Hall–Kier alpha value is -3.80. The second-order valence-electron chi connectivity index (χ2n) is 6.43. The van der Waals surface area contributed by atoms with E-state index in [2.05, 4.69) is 15.3 Å². The molecule has 2 aromatic rings. The number of carbonyl (C=O) groups excluding carboxylic acids is 3. The van der Waals surface area contributed by atoms with E-state index in [0.717, 1.165) is 5.56 Å². The van der Waals surface area contributed by atoms with Crippen LogP contribution in [0.5, 0.6) is 0 Å². The van der Waals surface area contributed by atoms with E-state index in [0.29, 0.717) is 37.6 Å². The van der Waals surface area contributed by atoms with Gasteiger partial charge in [-0.1, -0.05) is 12.1 Å². The first-order valence-corrected chi connectivity index (χ1v) is 9.16. The molecule has 1 saturated heterocycles. The Morgan fingerprint density at radius 2 is 1.55 bits per heavy atom. The number of nitrogens with zero attached hydrogens (tertiary/aromatic N) is 5. The second kappa shape index (κ2) is 9.41. The summed E-state index contributed by atoms with van der Waals surface area (Å²) in [6, 6.07) is 10.4. The van der Waals surface area contributed by atoms with Crippen molar-refractivity contribution in [1.29, 1.82) is 5.26 Å². The second-order valence-corrected chi connectivity index (χ2v) is 6.43. The third-order valence-electron chi connectivity index (χ3n) is 4.59. The molecule has 0 unspecified atom stereocenters. The third kappa shape index (κ3) is 5.13. The van der Waals surface area contributed by atoms with E-state index in [9.17, 15) is 14.4 Å². The van der Waals surface area contributed by atoms with Crippen molar-refractivity contribution in [3.05, 3.63) is 48.3 Å². The van der Waals surface area contributed by atoms with Gasteiger partial charge in [0.15, 0.2) is 5.82 Å². The number of hydrogen-bond donors (Lipinski definition) is 1. The SMILES string of the molecule is N#CCC(=O)N1CCN(C(=O)CNC(=O)c2ccc(-c3ncccn3)cc2)CC1. The lowest BCUT2D eigenvalue weighted by atomic mass is 10.1. The summed E-state index contributed by atoms with van der Waals surface area (Å²) < 4.78 is 0. The summed E-state index contributed by atoms with van der Waals surface area (Å²) in [4.78, 5) is 47.8. The van der Waals surface area contributed by atoms with Crippen LogP contribution in [0.25, 0.3) is 11.4 Å². The Morgan fingerprint density at radius 3 is 2.14 bits per heavy atom. The fraction of sp³-hybridized carbons (Fsp3) is 0.300. The number of rotatable bonds is 5. The average Bonchev–Trinajstić information content (AvgIpc) is 2.78. The molecule has 0 radical (unpaired) electrons. The predicted molar refractivity (Wildman–Crippen MR) is 103 cm³/mol. The molecule has 1 aromatic carbocycles. The Morgan fingerprint density at radius 1 is 0.966 bits per heavy atom. The molecule has 1 fully saturated rings. The van der Waals surface area contributed by atoms with Gasteiger partial charge in [-0.05, 0) is 18.2 Å². The summed E-state index contributed by atoms with van der Waals surface area (Å²) in [7, 11) is 0. The molecule has 0 atom stereocenters. The van der Waals surface area contributed by atoms with E-state index in [1.807, 2.05) is 6.07 Å². The molecule has 148 valence electrons. The molecule has 0 saturated carbocycles. The number of carbonyl (C=O) groups is 3. The summed E-state index contributed by atoms with van der Waals surface area (Å²) in [5.74, 6) is -0.207. The molecule has 1 aliphatic heterocycles. The first-order valence-electron chi connectivity index (χ1n) is 9.16. The summed E-state index contributed by atoms with van der Waals surface area (Å²) in [6.45, 7) is 1.44. The van der Waals surface area contributed by atoms with Crippen molar-refractivity contribution in [3.8, 4) is 17.5 Å². The summed E-state index contributed by atoms with van der Waals surface area (Å²) in [6.07, 6.45) is 3.14. The zero-order chi connectivity index (χ0) is 20.6. The van der Waals surface area contributed by atoms with Gasteiger partial charge in [-0.2, -0.15) is 5.26 Å². The highest BCUT2D eigenvalue weighted by Gasteiger charge is 2.24. The molecule has 0 aliphatic carbocycles. The van der Waals surface area contributed by atoms with Crippen molar-refractivity contribution in [3.63, 3.8) is 0 Å². The van der Waals surface area contributed by atoms with Gasteiger partial charge in [-0.25, -0.2) is 9.97 Å². The van der Waals surface area contributed by atoms with Gasteiger partial charge in [0.1, 0.15) is 6.42 Å². The summed E-state index contributed by atoms with van der Waals surface area (Å²) in [5.41, 5.74) is 1.23. The number of aromatic nitrogens is 2. The van der Waals surface area contributed by atoms with Crippen LogP contribution in [0, 0.1) is 11.3 Å². The molecule has 3 rings (SSSR count). The Balaban J connectivity index is 1.47. The minimum Gasteiger partial charge on any atom is -0.343 e. The van der Waals surface area contributed by atoms with Gasteiger partial charge >= 0.3 is 0 Å². The normalized spacial score (nSPS) is 13.5. The molecule has 3 amide bonds. The quantitative estimate of drug-likeness (QED) is 0.789. The van der Waals surface area contributed by atoms with Crippen molar-refractivity contribution in [2.75, 3.05) is 32.7 Å². The van der Waals surface area contributed by atoms with E-state index in [1.165, 1.54) is 0 Å². The first kappa shape index (κ1) is 19.9. The van der Waals surface area contributed by atoms with E-state index in [1.54, 1.807) is 52.5 Å². The standard InChI is InChI=1S/C20H20N6O3/c21-7-6-17(27)25-10-12-26(13-11-25)18(28)14-24-20(29)16-4-2-15(3-5-16)19-22-8-1-9-23-19/h1-5,8-9H,6,10-14H2,(H,24,29). The van der Waals surface area contributed by atoms with Gasteiger partial charge in [-0.3, -0.25) is 14.4 Å². The van der Waals surface area contributed by atoms with Gasteiger partial charge in [-0.15, -0.1) is 0 Å². The number of nitrogens with one attached hydrogen (secondary N) is 1. The molecule has 1 aromatic heterocycles. The predicted octanol–water partition coefficient (Wildman–Crippen LogP) is 0.458. The minimum absolute atomic E-state index is 0.117. The van der Waals surface area contributed by atoms with Crippen LogP contribution in [-0.2, 0) is 9.59 Å². The lowest BCUT2D eigenvalue weighted by Crippen LogP contribution is -2.52. The van der Waals surface area contributed by atoms with Crippen LogP contribution >= 0.6 is 0 Å². The maximum absolute atomic E-state index is 12.3. The maximum atomic E-state index is 12.3. The van der Waals surface area contributed by atoms with Gasteiger partial charge in [0.2, 0.25) is 11.8 Å². The largest absolute Gasteiger partial charge is 0.343 e. The Labute approximate surface area is 168 Å². The smallest absolute Gasteiger partial charge is 0.251 e. The van der Waals surface area contributed by atoms with Crippen LogP contribution in [0.3, 0.4) is 0 Å². The molecule has 0 spiro atoms. The highest BCUT2D eigenvalue weighted by molar-refractivity contribution is 5.96. The molecular formula is C20H20N6O3. The number of piperazine rings is 1. The van der Waals surface area contributed by atoms with Crippen molar-refractivity contribution < 1.29 is 14.4 Å². The highest BCUT2D eigenvalue weighted by atomic mass is 16.2. The lowest BCUT2D eigenvalue weighted by Gasteiger charge is -2.34. The zero-order valence-electron chi connectivity index (χ0n) is 15.7. The monoisotopic (exact) mass is 392 g/mol.